The molecule has 5 aromatic rings. The number of ether oxygens (including phenoxy) is 1. The van der Waals surface area contributed by atoms with Crippen LogP contribution in [0.5, 0.6) is 0 Å². The van der Waals surface area contributed by atoms with E-state index in [1.54, 1.807) is 0 Å². The predicted octanol–water partition coefficient (Wildman–Crippen LogP) is 5.96. The van der Waals surface area contributed by atoms with E-state index in [-0.39, 0.29) is 5.97 Å². The number of carbonyl (C=O) groups excluding carboxylic acids is 1. The van der Waals surface area contributed by atoms with Gasteiger partial charge in [0.2, 0.25) is 5.82 Å². The van der Waals surface area contributed by atoms with Gasteiger partial charge in [-0.15, -0.1) is 10.2 Å². The van der Waals surface area contributed by atoms with Crippen molar-refractivity contribution >= 4 is 11.8 Å². The topological polar surface area (TPSA) is 102 Å². The number of nitrogens with one attached hydrogen (secondary N) is 1. The van der Waals surface area contributed by atoms with Gasteiger partial charge in [0.05, 0.1) is 6.61 Å². The van der Waals surface area contributed by atoms with Crippen LogP contribution in [0.3, 0.4) is 0 Å². The quantitative estimate of drug-likeness (QED) is 0.181. The molecule has 0 aliphatic heterocycles. The van der Waals surface area contributed by atoms with Crippen LogP contribution in [0.15, 0.2) is 85.1 Å². The molecular weight excluding hydrogens is 514 g/mol. The average molecular weight is 550 g/mol. The molecule has 1 N–H and O–H groups in total. The predicted molar refractivity (Wildman–Crippen MR) is 159 cm³/mol. The minimum Gasteiger partial charge on any atom is -0.462 e. The molecule has 9 heteroatoms. The zero-order valence-electron chi connectivity index (χ0n) is 23.5. The zero-order chi connectivity index (χ0) is 28.4. The number of aryl methyl sites for hydroxylation is 2. The lowest BCUT2D eigenvalue weighted by Gasteiger charge is -2.23. The Balaban J connectivity index is 1.36. The molecule has 2 aromatic heterocycles. The number of nitrogens with zero attached hydrogens (tertiary/aromatic N) is 6. The average Bonchev–Trinajstić information content (AvgIpc) is 3.69. The first-order valence-electron chi connectivity index (χ1n) is 14.1. The van der Waals surface area contributed by atoms with Gasteiger partial charge in [0.1, 0.15) is 5.56 Å². The Kier molecular flexibility index (Phi) is 9.15. The molecule has 41 heavy (non-hydrogen) atoms. The SMILES string of the molecule is CCCN(Cc1ccc(-c2ccccc2-c2nn[nH]n2)cc1)c1nn(CCCc2ccccc2)cc1C(=O)OCC. The van der Waals surface area contributed by atoms with Gasteiger partial charge in [0.25, 0.3) is 0 Å². The molecule has 0 saturated heterocycles. The molecule has 0 atom stereocenters. The fourth-order valence-electron chi connectivity index (χ4n) is 4.95. The van der Waals surface area contributed by atoms with E-state index < -0.39 is 0 Å². The molecular formula is C32H35N7O2. The number of carbonyl (C=O) groups is 1. The fourth-order valence-corrected chi connectivity index (χ4v) is 4.95. The van der Waals surface area contributed by atoms with E-state index in [1.807, 2.05) is 42.1 Å². The van der Waals surface area contributed by atoms with Gasteiger partial charge in [-0.2, -0.15) is 10.3 Å². The molecule has 0 spiro atoms. The third-order valence-corrected chi connectivity index (χ3v) is 6.88. The van der Waals surface area contributed by atoms with Gasteiger partial charge in [-0.05, 0) is 53.7 Å². The van der Waals surface area contributed by atoms with E-state index in [0.29, 0.717) is 30.4 Å². The standard InChI is InChI=1S/C32H35N7O2/c1-3-20-38(22-25-16-18-26(19-17-25)27-14-8-9-15-28(27)30-33-36-37-34-30)31-29(32(40)41-4-2)23-39(35-31)21-10-13-24-11-6-5-7-12-24/h5-9,11-12,14-19,23H,3-4,10,13,20-22H2,1-2H3,(H,33,34,36,37). The van der Waals surface area contributed by atoms with Crippen LogP contribution in [0.2, 0.25) is 0 Å². The number of hydrogen-bond acceptors (Lipinski definition) is 7. The van der Waals surface area contributed by atoms with Gasteiger partial charge >= 0.3 is 5.97 Å². The highest BCUT2D eigenvalue weighted by Gasteiger charge is 2.23. The highest BCUT2D eigenvalue weighted by atomic mass is 16.5. The number of hydrogen-bond donors (Lipinski definition) is 1. The van der Waals surface area contributed by atoms with Gasteiger partial charge in [0.15, 0.2) is 5.82 Å². The van der Waals surface area contributed by atoms with Crippen molar-refractivity contribution < 1.29 is 9.53 Å². The van der Waals surface area contributed by atoms with E-state index in [4.69, 9.17) is 9.84 Å². The Bertz CT molecular complexity index is 1530. The van der Waals surface area contributed by atoms with Crippen molar-refractivity contribution in [2.75, 3.05) is 18.1 Å². The summed E-state index contributed by atoms with van der Waals surface area (Å²) in [5, 5.41) is 19.4. The first-order chi connectivity index (χ1) is 20.2. The fraction of sp³-hybridized carbons (Fsp3) is 0.281. The highest BCUT2D eigenvalue weighted by molar-refractivity contribution is 5.94. The number of H-pyrrole nitrogens is 1. The molecule has 9 nitrogen and oxygen atoms in total. The number of rotatable bonds is 13. The Hall–Kier alpha value is -4.79. The Morgan fingerprint density at radius 3 is 2.39 bits per heavy atom. The minimum atomic E-state index is -0.341. The molecule has 3 aromatic carbocycles. The van der Waals surface area contributed by atoms with Crippen molar-refractivity contribution in [3.05, 3.63) is 102 Å². The van der Waals surface area contributed by atoms with Crippen LogP contribution in [0.4, 0.5) is 5.82 Å². The molecule has 0 aliphatic carbocycles. The second kappa shape index (κ2) is 13.5. The van der Waals surface area contributed by atoms with Crippen molar-refractivity contribution in [2.45, 2.75) is 46.2 Å². The van der Waals surface area contributed by atoms with Gasteiger partial charge in [-0.3, -0.25) is 4.68 Å². The summed E-state index contributed by atoms with van der Waals surface area (Å²) in [6.45, 7) is 6.37. The van der Waals surface area contributed by atoms with Crippen molar-refractivity contribution in [3.63, 3.8) is 0 Å². The summed E-state index contributed by atoms with van der Waals surface area (Å²) in [6.07, 6.45) is 4.62. The lowest BCUT2D eigenvalue weighted by molar-refractivity contribution is 0.0527. The smallest absolute Gasteiger partial charge is 0.343 e. The maximum Gasteiger partial charge on any atom is 0.343 e. The van der Waals surface area contributed by atoms with E-state index >= 15 is 0 Å². The van der Waals surface area contributed by atoms with Crippen molar-refractivity contribution in [1.29, 1.82) is 0 Å². The molecule has 0 bridgehead atoms. The number of aromatic nitrogens is 6. The Morgan fingerprint density at radius 2 is 1.68 bits per heavy atom. The van der Waals surface area contributed by atoms with E-state index in [2.05, 4.69) is 87.0 Å². The van der Waals surface area contributed by atoms with Gasteiger partial charge in [-0.25, -0.2) is 4.79 Å². The monoisotopic (exact) mass is 549 g/mol. The summed E-state index contributed by atoms with van der Waals surface area (Å²) >= 11 is 0. The summed E-state index contributed by atoms with van der Waals surface area (Å²) < 4.78 is 7.29. The molecule has 0 amide bonds. The number of aromatic amines is 1. The van der Waals surface area contributed by atoms with Crippen LogP contribution in [0.25, 0.3) is 22.5 Å². The van der Waals surface area contributed by atoms with Crippen LogP contribution in [0.1, 0.15) is 48.2 Å². The maximum atomic E-state index is 12.9. The summed E-state index contributed by atoms with van der Waals surface area (Å²) in [4.78, 5) is 15.1. The maximum absolute atomic E-state index is 12.9. The number of anilines is 1. The van der Waals surface area contributed by atoms with Crippen molar-refractivity contribution in [2.24, 2.45) is 0 Å². The molecule has 0 fully saturated rings. The lowest BCUT2D eigenvalue weighted by Crippen LogP contribution is -2.26. The van der Waals surface area contributed by atoms with Crippen molar-refractivity contribution in [1.82, 2.24) is 30.4 Å². The summed E-state index contributed by atoms with van der Waals surface area (Å²) in [7, 11) is 0. The third-order valence-electron chi connectivity index (χ3n) is 6.88. The Morgan fingerprint density at radius 1 is 0.927 bits per heavy atom. The van der Waals surface area contributed by atoms with Crippen molar-refractivity contribution in [3.8, 4) is 22.5 Å². The summed E-state index contributed by atoms with van der Waals surface area (Å²) in [6, 6.07) is 26.9. The zero-order valence-corrected chi connectivity index (χ0v) is 23.5. The van der Waals surface area contributed by atoms with Gasteiger partial charge < -0.3 is 9.64 Å². The van der Waals surface area contributed by atoms with Gasteiger partial charge in [0, 0.05) is 31.4 Å². The normalized spacial score (nSPS) is 11.0. The highest BCUT2D eigenvalue weighted by Crippen LogP contribution is 2.30. The van der Waals surface area contributed by atoms with E-state index in [9.17, 15) is 4.79 Å². The molecule has 5 rings (SSSR count). The molecule has 0 aliphatic rings. The first kappa shape index (κ1) is 27.8. The van der Waals surface area contributed by atoms with E-state index in [0.717, 1.165) is 54.6 Å². The third kappa shape index (κ3) is 6.87. The summed E-state index contributed by atoms with van der Waals surface area (Å²) in [5.74, 6) is 0.882. The second-order valence-electron chi connectivity index (χ2n) is 9.84. The molecule has 0 unspecified atom stereocenters. The molecule has 0 radical (unpaired) electrons. The summed E-state index contributed by atoms with van der Waals surface area (Å²) in [5.41, 5.74) is 5.93. The first-order valence-corrected chi connectivity index (χ1v) is 14.1. The Labute approximate surface area is 240 Å². The second-order valence-corrected chi connectivity index (χ2v) is 9.84. The van der Waals surface area contributed by atoms with Crippen LogP contribution >= 0.6 is 0 Å². The molecule has 2 heterocycles. The largest absolute Gasteiger partial charge is 0.462 e. The van der Waals surface area contributed by atoms with Crippen LogP contribution in [0, 0.1) is 0 Å². The van der Waals surface area contributed by atoms with Crippen LogP contribution in [-0.4, -0.2) is 49.5 Å². The number of benzene rings is 3. The van der Waals surface area contributed by atoms with Gasteiger partial charge in [-0.1, -0.05) is 85.8 Å². The van der Waals surface area contributed by atoms with Crippen LogP contribution < -0.4 is 4.90 Å². The number of esters is 1. The number of tetrazole rings is 1. The van der Waals surface area contributed by atoms with Crippen LogP contribution in [-0.2, 0) is 24.2 Å². The molecule has 210 valence electrons. The minimum absolute atomic E-state index is 0.317. The molecule has 0 saturated carbocycles. The van der Waals surface area contributed by atoms with E-state index in [1.165, 1.54) is 5.56 Å². The lowest BCUT2D eigenvalue weighted by atomic mass is 9.98.